The first kappa shape index (κ1) is 13.3. The molecule has 1 aliphatic rings. The summed E-state index contributed by atoms with van der Waals surface area (Å²) in [4.78, 5) is 14.7. The third kappa shape index (κ3) is 2.76. The topological polar surface area (TPSA) is 41.1 Å². The summed E-state index contributed by atoms with van der Waals surface area (Å²) in [6, 6.07) is 10.2. The standard InChI is InChI=1S/C16H18N2OS/c1-2-14-5-6-15(20-14)10-18-16(19)11-3-4-12-8-17-9-13(12)7-11/h3-7,17H,2,8-10H2,1H3,(H,18,19). The highest BCUT2D eigenvalue weighted by Crippen LogP contribution is 2.18. The first-order valence-corrected chi connectivity index (χ1v) is 7.76. The summed E-state index contributed by atoms with van der Waals surface area (Å²) in [6.45, 7) is 4.53. The number of nitrogens with one attached hydrogen (secondary N) is 2. The van der Waals surface area contributed by atoms with E-state index in [1.807, 2.05) is 18.2 Å². The van der Waals surface area contributed by atoms with E-state index in [0.29, 0.717) is 6.54 Å². The van der Waals surface area contributed by atoms with Gasteiger partial charge in [-0.15, -0.1) is 11.3 Å². The van der Waals surface area contributed by atoms with E-state index >= 15 is 0 Å². The highest BCUT2D eigenvalue weighted by molar-refractivity contribution is 7.11. The molecule has 104 valence electrons. The number of benzene rings is 1. The first-order valence-electron chi connectivity index (χ1n) is 6.94. The minimum Gasteiger partial charge on any atom is -0.347 e. The maximum Gasteiger partial charge on any atom is 0.251 e. The summed E-state index contributed by atoms with van der Waals surface area (Å²) in [6.07, 6.45) is 1.05. The molecule has 0 atom stereocenters. The zero-order valence-electron chi connectivity index (χ0n) is 11.5. The zero-order valence-corrected chi connectivity index (χ0v) is 12.3. The molecule has 0 spiro atoms. The van der Waals surface area contributed by atoms with Gasteiger partial charge in [0, 0.05) is 28.4 Å². The Morgan fingerprint density at radius 2 is 2.00 bits per heavy atom. The molecule has 4 heteroatoms. The van der Waals surface area contributed by atoms with Crippen LogP contribution in [0.1, 0.15) is 38.2 Å². The van der Waals surface area contributed by atoms with Crippen molar-refractivity contribution >= 4 is 17.2 Å². The van der Waals surface area contributed by atoms with Crippen LogP contribution in [0.25, 0.3) is 0 Å². The molecule has 0 aliphatic carbocycles. The van der Waals surface area contributed by atoms with Gasteiger partial charge < -0.3 is 10.6 Å². The van der Waals surface area contributed by atoms with Crippen LogP contribution in [0.3, 0.4) is 0 Å². The second-order valence-corrected chi connectivity index (χ2v) is 6.24. The van der Waals surface area contributed by atoms with Crippen molar-refractivity contribution in [1.82, 2.24) is 10.6 Å². The molecule has 0 radical (unpaired) electrons. The Hall–Kier alpha value is -1.65. The summed E-state index contributed by atoms with van der Waals surface area (Å²) >= 11 is 1.77. The number of aryl methyl sites for hydroxylation is 1. The van der Waals surface area contributed by atoms with E-state index < -0.39 is 0 Å². The molecule has 1 amide bonds. The number of rotatable bonds is 4. The van der Waals surface area contributed by atoms with Crippen molar-refractivity contribution in [2.24, 2.45) is 0 Å². The van der Waals surface area contributed by atoms with E-state index in [-0.39, 0.29) is 5.91 Å². The van der Waals surface area contributed by atoms with Crippen molar-refractivity contribution in [3.63, 3.8) is 0 Å². The monoisotopic (exact) mass is 286 g/mol. The van der Waals surface area contributed by atoms with E-state index in [0.717, 1.165) is 25.1 Å². The van der Waals surface area contributed by atoms with Crippen molar-refractivity contribution < 1.29 is 4.79 Å². The van der Waals surface area contributed by atoms with Gasteiger partial charge in [-0.25, -0.2) is 0 Å². The maximum absolute atomic E-state index is 12.2. The number of amides is 1. The van der Waals surface area contributed by atoms with Crippen LogP contribution < -0.4 is 10.6 Å². The lowest BCUT2D eigenvalue weighted by Gasteiger charge is -2.05. The fourth-order valence-electron chi connectivity index (χ4n) is 2.41. The van der Waals surface area contributed by atoms with E-state index in [1.165, 1.54) is 20.9 Å². The molecule has 3 rings (SSSR count). The molecule has 20 heavy (non-hydrogen) atoms. The molecule has 1 aromatic carbocycles. The van der Waals surface area contributed by atoms with Gasteiger partial charge in [0.2, 0.25) is 0 Å². The van der Waals surface area contributed by atoms with Gasteiger partial charge >= 0.3 is 0 Å². The third-order valence-electron chi connectivity index (χ3n) is 3.59. The number of hydrogen-bond acceptors (Lipinski definition) is 3. The molecule has 2 aromatic rings. The molecule has 1 aromatic heterocycles. The smallest absolute Gasteiger partial charge is 0.251 e. The number of thiophene rings is 1. The van der Waals surface area contributed by atoms with Gasteiger partial charge in [0.25, 0.3) is 5.91 Å². The van der Waals surface area contributed by atoms with Gasteiger partial charge in [0.05, 0.1) is 6.54 Å². The Labute approximate surface area is 123 Å². The number of fused-ring (bicyclic) bond motifs is 1. The largest absolute Gasteiger partial charge is 0.347 e. The minimum atomic E-state index is 0.00569. The average molecular weight is 286 g/mol. The van der Waals surface area contributed by atoms with Crippen molar-refractivity contribution in [2.75, 3.05) is 0 Å². The molecule has 0 fully saturated rings. The molecule has 1 aliphatic heterocycles. The quantitative estimate of drug-likeness (QED) is 0.907. The molecular weight excluding hydrogens is 268 g/mol. The van der Waals surface area contributed by atoms with Crippen LogP contribution in [-0.4, -0.2) is 5.91 Å². The Kier molecular flexibility index (Phi) is 3.85. The van der Waals surface area contributed by atoms with Crippen LogP contribution in [0.5, 0.6) is 0 Å². The number of carbonyl (C=O) groups is 1. The Balaban J connectivity index is 1.64. The highest BCUT2D eigenvalue weighted by Gasteiger charge is 2.13. The molecule has 3 nitrogen and oxygen atoms in total. The second kappa shape index (κ2) is 5.77. The van der Waals surface area contributed by atoms with Crippen LogP contribution in [0.2, 0.25) is 0 Å². The van der Waals surface area contributed by atoms with Gasteiger partial charge in [0.1, 0.15) is 0 Å². The van der Waals surface area contributed by atoms with Crippen LogP contribution in [-0.2, 0) is 26.1 Å². The number of carbonyl (C=O) groups excluding carboxylic acids is 1. The van der Waals surface area contributed by atoms with Gasteiger partial charge in [-0.2, -0.15) is 0 Å². The summed E-state index contributed by atoms with van der Waals surface area (Å²) < 4.78 is 0. The normalized spacial score (nSPS) is 13.2. The van der Waals surface area contributed by atoms with Gasteiger partial charge in [-0.1, -0.05) is 13.0 Å². The summed E-state index contributed by atoms with van der Waals surface area (Å²) in [5.74, 6) is 0.00569. The summed E-state index contributed by atoms with van der Waals surface area (Å²) in [5.41, 5.74) is 3.29. The minimum absolute atomic E-state index is 0.00569. The van der Waals surface area contributed by atoms with Gasteiger partial charge in [-0.3, -0.25) is 4.79 Å². The molecule has 2 heterocycles. The van der Waals surface area contributed by atoms with E-state index in [4.69, 9.17) is 0 Å². The van der Waals surface area contributed by atoms with Crippen molar-refractivity contribution in [2.45, 2.75) is 33.0 Å². The zero-order chi connectivity index (χ0) is 13.9. The van der Waals surface area contributed by atoms with Crippen molar-refractivity contribution in [3.8, 4) is 0 Å². The Morgan fingerprint density at radius 3 is 2.80 bits per heavy atom. The predicted molar refractivity (Wildman–Crippen MR) is 81.9 cm³/mol. The SMILES string of the molecule is CCc1ccc(CNC(=O)c2ccc3c(c2)CNC3)s1. The lowest BCUT2D eigenvalue weighted by Crippen LogP contribution is -2.22. The van der Waals surface area contributed by atoms with Crippen molar-refractivity contribution in [1.29, 1.82) is 0 Å². The summed E-state index contributed by atoms with van der Waals surface area (Å²) in [7, 11) is 0. The van der Waals surface area contributed by atoms with Gasteiger partial charge in [0.15, 0.2) is 0 Å². The molecule has 0 saturated carbocycles. The van der Waals surface area contributed by atoms with E-state index in [9.17, 15) is 4.79 Å². The first-order chi connectivity index (χ1) is 9.76. The van der Waals surface area contributed by atoms with Crippen LogP contribution in [0.15, 0.2) is 30.3 Å². The van der Waals surface area contributed by atoms with Crippen molar-refractivity contribution in [3.05, 3.63) is 56.8 Å². The fraction of sp³-hybridized carbons (Fsp3) is 0.312. The van der Waals surface area contributed by atoms with E-state index in [1.54, 1.807) is 11.3 Å². The third-order valence-corrected chi connectivity index (χ3v) is 4.82. The lowest BCUT2D eigenvalue weighted by molar-refractivity contribution is 0.0951. The highest BCUT2D eigenvalue weighted by atomic mass is 32.1. The van der Waals surface area contributed by atoms with Gasteiger partial charge in [-0.05, 0) is 41.8 Å². The van der Waals surface area contributed by atoms with E-state index in [2.05, 4.69) is 29.7 Å². The lowest BCUT2D eigenvalue weighted by atomic mass is 10.1. The van der Waals surface area contributed by atoms with Crippen LogP contribution in [0, 0.1) is 0 Å². The van der Waals surface area contributed by atoms with Crippen LogP contribution >= 0.6 is 11.3 Å². The maximum atomic E-state index is 12.2. The predicted octanol–water partition coefficient (Wildman–Crippen LogP) is 2.84. The van der Waals surface area contributed by atoms with Crippen LogP contribution in [0.4, 0.5) is 0 Å². The average Bonchev–Trinajstić information content (AvgIpc) is 3.12. The molecular formula is C16H18N2OS. The molecule has 0 bridgehead atoms. The molecule has 0 unspecified atom stereocenters. The second-order valence-electron chi connectivity index (χ2n) is 4.99. The Morgan fingerprint density at radius 1 is 1.20 bits per heavy atom. The Bertz CT molecular complexity index is 633. The summed E-state index contributed by atoms with van der Waals surface area (Å²) in [5, 5.41) is 6.29. The number of hydrogen-bond donors (Lipinski definition) is 2. The fourth-order valence-corrected chi connectivity index (χ4v) is 3.31. The molecule has 2 N–H and O–H groups in total. The molecule has 0 saturated heterocycles.